The van der Waals surface area contributed by atoms with Gasteiger partial charge in [0.05, 0.1) is 10.7 Å². The van der Waals surface area contributed by atoms with E-state index in [0.717, 1.165) is 35.8 Å². The lowest BCUT2D eigenvalue weighted by Gasteiger charge is -2.16. The van der Waals surface area contributed by atoms with Gasteiger partial charge in [-0.25, -0.2) is 4.98 Å². The summed E-state index contributed by atoms with van der Waals surface area (Å²) in [6.07, 6.45) is 3.94. The van der Waals surface area contributed by atoms with Gasteiger partial charge in [-0.1, -0.05) is 19.9 Å². The zero-order valence-electron chi connectivity index (χ0n) is 12.7. The standard InChI is InChI=1S/C16H23N3S/c1-5-13-7-8-14(18-10-13)9-15(17-6-2)16-11(3)19-12(4)20-16/h7-8,10,15,17H,5-6,9H2,1-4H3. The molecule has 0 aliphatic carbocycles. The first kappa shape index (κ1) is 15.1. The molecule has 2 rings (SSSR count). The lowest BCUT2D eigenvalue weighted by atomic mass is 10.1. The van der Waals surface area contributed by atoms with Crippen LogP contribution in [0, 0.1) is 13.8 Å². The minimum Gasteiger partial charge on any atom is -0.309 e. The van der Waals surface area contributed by atoms with Crippen molar-refractivity contribution in [2.75, 3.05) is 6.54 Å². The highest BCUT2D eigenvalue weighted by molar-refractivity contribution is 7.11. The van der Waals surface area contributed by atoms with E-state index in [1.54, 1.807) is 11.3 Å². The molecule has 0 aliphatic rings. The van der Waals surface area contributed by atoms with E-state index >= 15 is 0 Å². The maximum Gasteiger partial charge on any atom is 0.0900 e. The van der Waals surface area contributed by atoms with Gasteiger partial charge in [0.15, 0.2) is 0 Å². The average molecular weight is 289 g/mol. The number of nitrogens with zero attached hydrogens (tertiary/aromatic N) is 2. The maximum absolute atomic E-state index is 4.58. The van der Waals surface area contributed by atoms with Gasteiger partial charge in [0.25, 0.3) is 0 Å². The Labute approximate surface area is 125 Å². The first-order valence-electron chi connectivity index (χ1n) is 7.25. The molecule has 0 radical (unpaired) electrons. The Hall–Kier alpha value is -1.26. The SMILES string of the molecule is CCNC(Cc1ccc(CC)cn1)c1sc(C)nc1C. The summed E-state index contributed by atoms with van der Waals surface area (Å²) in [5.41, 5.74) is 3.57. The second kappa shape index (κ2) is 6.95. The summed E-state index contributed by atoms with van der Waals surface area (Å²) in [5.74, 6) is 0. The van der Waals surface area contributed by atoms with E-state index in [0.29, 0.717) is 6.04 Å². The van der Waals surface area contributed by atoms with Gasteiger partial charge in [0, 0.05) is 29.2 Å². The quantitative estimate of drug-likeness (QED) is 0.882. The Kier molecular flexibility index (Phi) is 5.26. The first-order chi connectivity index (χ1) is 9.63. The Morgan fingerprint density at radius 3 is 2.55 bits per heavy atom. The molecule has 0 saturated heterocycles. The van der Waals surface area contributed by atoms with Crippen molar-refractivity contribution in [2.45, 2.75) is 46.6 Å². The predicted molar refractivity (Wildman–Crippen MR) is 85.3 cm³/mol. The third-order valence-electron chi connectivity index (χ3n) is 3.41. The smallest absolute Gasteiger partial charge is 0.0900 e. The van der Waals surface area contributed by atoms with E-state index in [1.807, 2.05) is 6.20 Å². The number of likely N-dealkylation sites (N-methyl/N-ethyl adjacent to an activating group) is 1. The fourth-order valence-electron chi connectivity index (χ4n) is 2.37. The van der Waals surface area contributed by atoms with Crippen molar-refractivity contribution < 1.29 is 0 Å². The second-order valence-electron chi connectivity index (χ2n) is 5.01. The topological polar surface area (TPSA) is 37.8 Å². The zero-order chi connectivity index (χ0) is 14.5. The second-order valence-corrected chi connectivity index (χ2v) is 6.24. The summed E-state index contributed by atoms with van der Waals surface area (Å²) in [4.78, 5) is 10.5. The first-order valence-corrected chi connectivity index (χ1v) is 8.06. The Bertz CT molecular complexity index is 545. The zero-order valence-corrected chi connectivity index (χ0v) is 13.5. The molecule has 1 N–H and O–H groups in total. The predicted octanol–water partition coefficient (Wildman–Crippen LogP) is 3.61. The summed E-state index contributed by atoms with van der Waals surface area (Å²) in [5, 5.41) is 4.69. The summed E-state index contributed by atoms with van der Waals surface area (Å²) in [6.45, 7) is 9.41. The van der Waals surface area contributed by atoms with Gasteiger partial charge in [0.1, 0.15) is 0 Å². The highest BCUT2D eigenvalue weighted by Crippen LogP contribution is 2.27. The van der Waals surface area contributed by atoms with Crippen LogP contribution in [0.5, 0.6) is 0 Å². The number of thiazole rings is 1. The fourth-order valence-corrected chi connectivity index (χ4v) is 3.37. The van der Waals surface area contributed by atoms with E-state index < -0.39 is 0 Å². The molecule has 0 amide bonds. The molecule has 108 valence electrons. The van der Waals surface area contributed by atoms with Gasteiger partial charge in [-0.15, -0.1) is 11.3 Å². The lowest BCUT2D eigenvalue weighted by molar-refractivity contribution is 0.549. The van der Waals surface area contributed by atoms with Gasteiger partial charge < -0.3 is 5.32 Å². The molecule has 0 aliphatic heterocycles. The van der Waals surface area contributed by atoms with Crippen LogP contribution in [0.4, 0.5) is 0 Å². The van der Waals surface area contributed by atoms with Crippen LogP contribution in [0.2, 0.25) is 0 Å². The van der Waals surface area contributed by atoms with Crippen molar-refractivity contribution in [2.24, 2.45) is 0 Å². The van der Waals surface area contributed by atoms with Gasteiger partial charge >= 0.3 is 0 Å². The van der Waals surface area contributed by atoms with Gasteiger partial charge in [-0.05, 0) is 38.4 Å². The molecule has 0 spiro atoms. The largest absolute Gasteiger partial charge is 0.309 e. The molecule has 0 fully saturated rings. The van der Waals surface area contributed by atoms with Crippen LogP contribution in [-0.2, 0) is 12.8 Å². The van der Waals surface area contributed by atoms with Crippen molar-refractivity contribution >= 4 is 11.3 Å². The van der Waals surface area contributed by atoms with Crippen molar-refractivity contribution in [3.63, 3.8) is 0 Å². The van der Waals surface area contributed by atoms with Crippen LogP contribution in [0.3, 0.4) is 0 Å². The number of aryl methyl sites for hydroxylation is 3. The number of hydrogen-bond acceptors (Lipinski definition) is 4. The molecule has 3 nitrogen and oxygen atoms in total. The van der Waals surface area contributed by atoms with Crippen molar-refractivity contribution in [1.29, 1.82) is 0 Å². The van der Waals surface area contributed by atoms with Crippen LogP contribution in [0.15, 0.2) is 18.3 Å². The number of pyridine rings is 1. The van der Waals surface area contributed by atoms with Crippen molar-refractivity contribution in [3.8, 4) is 0 Å². The number of rotatable bonds is 6. The third-order valence-corrected chi connectivity index (χ3v) is 4.60. The molecule has 20 heavy (non-hydrogen) atoms. The summed E-state index contributed by atoms with van der Waals surface area (Å²) in [6, 6.07) is 4.63. The highest BCUT2D eigenvalue weighted by atomic mass is 32.1. The maximum atomic E-state index is 4.58. The normalized spacial score (nSPS) is 12.6. The van der Waals surface area contributed by atoms with Crippen LogP contribution < -0.4 is 5.32 Å². The van der Waals surface area contributed by atoms with Crippen LogP contribution in [-0.4, -0.2) is 16.5 Å². The molecular formula is C16H23N3S. The summed E-state index contributed by atoms with van der Waals surface area (Å²) >= 11 is 1.79. The molecular weight excluding hydrogens is 266 g/mol. The lowest BCUT2D eigenvalue weighted by Crippen LogP contribution is -2.23. The number of nitrogens with one attached hydrogen (secondary N) is 1. The minimum atomic E-state index is 0.311. The van der Waals surface area contributed by atoms with Gasteiger partial charge in [-0.3, -0.25) is 4.98 Å². The van der Waals surface area contributed by atoms with Crippen LogP contribution >= 0.6 is 11.3 Å². The van der Waals surface area contributed by atoms with E-state index in [2.05, 4.69) is 55.1 Å². The Morgan fingerprint density at radius 2 is 2.05 bits per heavy atom. The number of hydrogen-bond donors (Lipinski definition) is 1. The molecule has 2 heterocycles. The molecule has 1 unspecified atom stereocenters. The Balaban J connectivity index is 2.18. The monoisotopic (exact) mass is 289 g/mol. The summed E-state index contributed by atoms with van der Waals surface area (Å²) in [7, 11) is 0. The van der Waals surface area contributed by atoms with E-state index in [9.17, 15) is 0 Å². The van der Waals surface area contributed by atoms with E-state index in [-0.39, 0.29) is 0 Å². The molecule has 2 aromatic rings. The minimum absolute atomic E-state index is 0.311. The average Bonchev–Trinajstić information content (AvgIpc) is 2.78. The third kappa shape index (κ3) is 3.64. The molecule has 0 aromatic carbocycles. The number of aromatic nitrogens is 2. The van der Waals surface area contributed by atoms with Crippen LogP contribution in [0.1, 0.15) is 46.7 Å². The molecule has 4 heteroatoms. The van der Waals surface area contributed by atoms with Gasteiger partial charge in [-0.2, -0.15) is 0 Å². The van der Waals surface area contributed by atoms with E-state index in [4.69, 9.17) is 0 Å². The van der Waals surface area contributed by atoms with Crippen LogP contribution in [0.25, 0.3) is 0 Å². The van der Waals surface area contributed by atoms with E-state index in [1.165, 1.54) is 10.4 Å². The van der Waals surface area contributed by atoms with Crippen molar-refractivity contribution in [3.05, 3.63) is 45.2 Å². The van der Waals surface area contributed by atoms with Crippen molar-refractivity contribution in [1.82, 2.24) is 15.3 Å². The Morgan fingerprint density at radius 1 is 1.25 bits per heavy atom. The molecule has 0 saturated carbocycles. The fraction of sp³-hybridized carbons (Fsp3) is 0.500. The highest BCUT2D eigenvalue weighted by Gasteiger charge is 2.17. The molecule has 2 aromatic heterocycles. The van der Waals surface area contributed by atoms with Gasteiger partial charge in [0.2, 0.25) is 0 Å². The molecule has 0 bridgehead atoms. The summed E-state index contributed by atoms with van der Waals surface area (Å²) < 4.78 is 0. The molecule has 1 atom stereocenters.